The molecule has 28 heavy (non-hydrogen) atoms. The fourth-order valence-corrected chi connectivity index (χ4v) is 2.84. The third-order valence-electron chi connectivity index (χ3n) is 3.93. The van der Waals surface area contributed by atoms with Crippen LogP contribution in [0.1, 0.15) is 28.5 Å². The third-order valence-corrected chi connectivity index (χ3v) is 4.16. The SMILES string of the molecule is O=C(O)CC(NC(=O)c1cc(O)n(-c2ccc(F)cc2)n1)c1cccc(Cl)c1. The van der Waals surface area contributed by atoms with Crippen molar-refractivity contribution in [1.82, 2.24) is 15.1 Å². The van der Waals surface area contributed by atoms with Gasteiger partial charge >= 0.3 is 5.97 Å². The third kappa shape index (κ3) is 4.47. The number of aromatic hydroxyl groups is 1. The first kappa shape index (κ1) is 19.4. The van der Waals surface area contributed by atoms with Crippen LogP contribution in [-0.4, -0.2) is 31.9 Å². The van der Waals surface area contributed by atoms with Crippen molar-refractivity contribution >= 4 is 23.5 Å². The van der Waals surface area contributed by atoms with E-state index in [0.29, 0.717) is 16.3 Å². The molecule has 3 aromatic rings. The lowest BCUT2D eigenvalue weighted by molar-refractivity contribution is -0.137. The van der Waals surface area contributed by atoms with Crippen molar-refractivity contribution in [2.24, 2.45) is 0 Å². The van der Waals surface area contributed by atoms with Crippen molar-refractivity contribution in [2.45, 2.75) is 12.5 Å². The number of carboxylic acids is 1. The second-order valence-corrected chi connectivity index (χ2v) is 6.39. The number of rotatable bonds is 6. The van der Waals surface area contributed by atoms with E-state index in [4.69, 9.17) is 16.7 Å². The standard InChI is InChI=1S/C19H15ClFN3O4/c20-12-3-1-2-11(8-12)15(10-18(26)27)22-19(28)16-9-17(25)24(23-16)14-6-4-13(21)5-7-14/h1-9,15,25H,10H2,(H,22,28)(H,26,27). The molecule has 0 aliphatic heterocycles. The molecule has 2 aromatic carbocycles. The van der Waals surface area contributed by atoms with Crippen molar-refractivity contribution in [3.63, 3.8) is 0 Å². The van der Waals surface area contributed by atoms with Gasteiger partial charge in [-0.1, -0.05) is 23.7 Å². The predicted octanol–water partition coefficient (Wildman–Crippen LogP) is 3.32. The Balaban J connectivity index is 1.85. The van der Waals surface area contributed by atoms with Crippen molar-refractivity contribution in [2.75, 3.05) is 0 Å². The number of nitrogens with one attached hydrogen (secondary N) is 1. The number of nitrogens with zero attached hydrogens (tertiary/aromatic N) is 2. The Kier molecular flexibility index (Phi) is 5.60. The summed E-state index contributed by atoms with van der Waals surface area (Å²) in [7, 11) is 0. The zero-order chi connectivity index (χ0) is 20.3. The van der Waals surface area contributed by atoms with Crippen LogP contribution in [0.15, 0.2) is 54.6 Å². The molecule has 1 heterocycles. The van der Waals surface area contributed by atoms with E-state index in [9.17, 15) is 19.1 Å². The Morgan fingerprint density at radius 2 is 1.89 bits per heavy atom. The lowest BCUT2D eigenvalue weighted by Crippen LogP contribution is -2.30. The van der Waals surface area contributed by atoms with Gasteiger partial charge < -0.3 is 15.5 Å². The van der Waals surface area contributed by atoms with Crippen LogP contribution in [0.5, 0.6) is 5.88 Å². The van der Waals surface area contributed by atoms with Crippen LogP contribution in [0.4, 0.5) is 4.39 Å². The van der Waals surface area contributed by atoms with Gasteiger partial charge in [0.05, 0.1) is 18.2 Å². The number of carboxylic acid groups (broad SMARTS) is 1. The van der Waals surface area contributed by atoms with Crippen LogP contribution in [0.3, 0.4) is 0 Å². The van der Waals surface area contributed by atoms with Crippen molar-refractivity contribution in [1.29, 1.82) is 0 Å². The molecule has 1 amide bonds. The summed E-state index contributed by atoms with van der Waals surface area (Å²) >= 11 is 5.95. The van der Waals surface area contributed by atoms with Gasteiger partial charge in [-0.15, -0.1) is 0 Å². The summed E-state index contributed by atoms with van der Waals surface area (Å²) in [6.07, 6.45) is -0.364. The van der Waals surface area contributed by atoms with Crippen molar-refractivity contribution in [3.05, 3.63) is 76.7 Å². The minimum absolute atomic E-state index is 0.126. The summed E-state index contributed by atoms with van der Waals surface area (Å²) in [6, 6.07) is 11.9. The minimum Gasteiger partial charge on any atom is -0.493 e. The summed E-state index contributed by atoms with van der Waals surface area (Å²) < 4.78 is 14.1. The Morgan fingerprint density at radius 1 is 1.18 bits per heavy atom. The van der Waals surface area contributed by atoms with Crippen molar-refractivity contribution in [3.8, 4) is 11.6 Å². The van der Waals surface area contributed by atoms with E-state index >= 15 is 0 Å². The fourth-order valence-electron chi connectivity index (χ4n) is 2.64. The van der Waals surface area contributed by atoms with Crippen molar-refractivity contribution < 1.29 is 24.2 Å². The van der Waals surface area contributed by atoms with E-state index in [1.165, 1.54) is 24.3 Å². The molecule has 3 N–H and O–H groups in total. The number of aromatic nitrogens is 2. The van der Waals surface area contributed by atoms with Gasteiger partial charge in [0.2, 0.25) is 5.88 Å². The maximum Gasteiger partial charge on any atom is 0.305 e. The number of hydrogen-bond donors (Lipinski definition) is 3. The molecule has 0 aliphatic rings. The van der Waals surface area contributed by atoms with Gasteiger partial charge in [0.15, 0.2) is 5.69 Å². The van der Waals surface area contributed by atoms with E-state index < -0.39 is 23.7 Å². The first-order valence-electron chi connectivity index (χ1n) is 8.16. The highest BCUT2D eigenvalue weighted by Crippen LogP contribution is 2.23. The van der Waals surface area contributed by atoms with Gasteiger partial charge in [0, 0.05) is 11.1 Å². The molecule has 1 atom stereocenters. The van der Waals surface area contributed by atoms with E-state index in [1.807, 2.05) is 0 Å². The molecule has 0 saturated carbocycles. The minimum atomic E-state index is -1.11. The molecule has 144 valence electrons. The van der Waals surface area contributed by atoms with E-state index in [1.54, 1.807) is 24.3 Å². The van der Waals surface area contributed by atoms with E-state index in [-0.39, 0.29) is 18.0 Å². The zero-order valence-electron chi connectivity index (χ0n) is 14.3. The second kappa shape index (κ2) is 8.10. The van der Waals surface area contributed by atoms with E-state index in [0.717, 1.165) is 10.7 Å². The number of amides is 1. The molecular formula is C19H15ClFN3O4. The monoisotopic (exact) mass is 403 g/mol. The van der Waals surface area contributed by atoms with Gasteiger partial charge in [-0.25, -0.2) is 9.07 Å². The van der Waals surface area contributed by atoms with Crippen LogP contribution in [0.25, 0.3) is 5.69 Å². The molecule has 0 aliphatic carbocycles. The van der Waals surface area contributed by atoms with Gasteiger partial charge in [-0.05, 0) is 42.0 Å². The van der Waals surface area contributed by atoms with Gasteiger partial charge in [-0.3, -0.25) is 9.59 Å². The fraction of sp³-hybridized carbons (Fsp3) is 0.105. The average Bonchev–Trinajstić information content (AvgIpc) is 3.03. The molecule has 1 unspecified atom stereocenters. The average molecular weight is 404 g/mol. The molecule has 7 nitrogen and oxygen atoms in total. The highest BCUT2D eigenvalue weighted by Gasteiger charge is 2.22. The molecule has 0 bridgehead atoms. The summed E-state index contributed by atoms with van der Waals surface area (Å²) in [5.41, 5.74) is 0.750. The first-order chi connectivity index (χ1) is 13.3. The highest BCUT2D eigenvalue weighted by atomic mass is 35.5. The maximum absolute atomic E-state index is 13.1. The summed E-state index contributed by atoms with van der Waals surface area (Å²) in [5.74, 6) is -2.56. The molecule has 0 radical (unpaired) electrons. The molecule has 0 spiro atoms. The number of aliphatic carboxylic acids is 1. The number of benzene rings is 2. The largest absolute Gasteiger partial charge is 0.493 e. The Labute approximate surface area is 164 Å². The second-order valence-electron chi connectivity index (χ2n) is 5.95. The van der Waals surface area contributed by atoms with E-state index in [2.05, 4.69) is 10.4 Å². The molecule has 3 rings (SSSR count). The van der Waals surface area contributed by atoms with Crippen LogP contribution in [-0.2, 0) is 4.79 Å². The normalized spacial score (nSPS) is 11.8. The summed E-state index contributed by atoms with van der Waals surface area (Å²) in [5, 5.41) is 26.2. The van der Waals surface area contributed by atoms with Crippen LogP contribution >= 0.6 is 11.6 Å². The Hall–Kier alpha value is -3.39. The maximum atomic E-state index is 13.1. The number of carbonyl (C=O) groups is 2. The van der Waals surface area contributed by atoms with Gasteiger partial charge in [0.25, 0.3) is 5.91 Å². The number of halogens is 2. The molecular weight excluding hydrogens is 389 g/mol. The van der Waals surface area contributed by atoms with Gasteiger partial charge in [-0.2, -0.15) is 5.10 Å². The Bertz CT molecular complexity index is 1020. The highest BCUT2D eigenvalue weighted by molar-refractivity contribution is 6.30. The predicted molar refractivity (Wildman–Crippen MR) is 99.1 cm³/mol. The van der Waals surface area contributed by atoms with Gasteiger partial charge in [0.1, 0.15) is 5.82 Å². The Morgan fingerprint density at radius 3 is 2.54 bits per heavy atom. The van der Waals surface area contributed by atoms with Crippen LogP contribution in [0.2, 0.25) is 5.02 Å². The number of carbonyl (C=O) groups excluding carboxylic acids is 1. The quantitative estimate of drug-likeness (QED) is 0.585. The lowest BCUT2D eigenvalue weighted by atomic mass is 10.0. The molecule has 9 heteroatoms. The lowest BCUT2D eigenvalue weighted by Gasteiger charge is -2.17. The molecule has 0 fully saturated rings. The topological polar surface area (TPSA) is 104 Å². The zero-order valence-corrected chi connectivity index (χ0v) is 15.1. The smallest absolute Gasteiger partial charge is 0.305 e. The van der Waals surface area contributed by atoms with Crippen LogP contribution < -0.4 is 5.32 Å². The van der Waals surface area contributed by atoms with Crippen LogP contribution in [0, 0.1) is 5.82 Å². The molecule has 0 saturated heterocycles. The summed E-state index contributed by atoms with van der Waals surface area (Å²) in [6.45, 7) is 0. The summed E-state index contributed by atoms with van der Waals surface area (Å²) in [4.78, 5) is 23.7. The number of hydrogen-bond acceptors (Lipinski definition) is 4. The first-order valence-corrected chi connectivity index (χ1v) is 8.54. The molecule has 1 aromatic heterocycles.